The summed E-state index contributed by atoms with van der Waals surface area (Å²) in [5.74, 6) is -0.447. The molecular weight excluding hydrogens is 600 g/mol. The van der Waals surface area contributed by atoms with E-state index in [0.29, 0.717) is 11.5 Å². The summed E-state index contributed by atoms with van der Waals surface area (Å²) < 4.78 is 0. The number of phenolic OH excluding ortho intramolecular Hbond substituents is 2. The van der Waals surface area contributed by atoms with E-state index in [1.807, 2.05) is 12.4 Å². The first-order chi connectivity index (χ1) is 19.9. The van der Waals surface area contributed by atoms with Crippen LogP contribution in [0.25, 0.3) is 0 Å². The molecule has 6 nitrogen and oxygen atoms in total. The number of phenols is 2. The first kappa shape index (κ1) is 40.4. The molecule has 0 amide bonds. The summed E-state index contributed by atoms with van der Waals surface area (Å²) >= 11 is 0. The predicted octanol–water partition coefficient (Wildman–Crippen LogP) is 7.89. The summed E-state index contributed by atoms with van der Waals surface area (Å²) in [4.78, 5) is 18.9. The summed E-state index contributed by atoms with van der Waals surface area (Å²) in [5.41, 5.74) is 5.39. The van der Waals surface area contributed by atoms with Crippen LogP contribution >= 0.6 is 0 Å². The number of carboxylic acids is 1. The minimum absolute atomic E-state index is 0. The molecule has 2 atom stereocenters. The molecule has 250 valence electrons. The van der Waals surface area contributed by atoms with Gasteiger partial charge in [-0.15, -0.1) is 0 Å². The fourth-order valence-electron chi connectivity index (χ4n) is 5.31. The van der Waals surface area contributed by atoms with Gasteiger partial charge in [-0.1, -0.05) is 108 Å². The molecule has 0 aliphatic heterocycles. The Balaban J connectivity index is 0.00000191. The average molecular weight is 658 g/mol. The summed E-state index contributed by atoms with van der Waals surface area (Å²) in [5, 5.41) is 31.3. The van der Waals surface area contributed by atoms with Crippen molar-refractivity contribution in [1.82, 2.24) is 0 Å². The van der Waals surface area contributed by atoms with Crippen molar-refractivity contribution >= 4 is 18.4 Å². The number of hydrogen-bond acceptors (Lipinski definition) is 6. The third kappa shape index (κ3) is 11.6. The van der Waals surface area contributed by atoms with E-state index in [2.05, 4.69) is 107 Å². The zero-order chi connectivity index (χ0) is 33.8. The molecule has 3 rings (SSSR count). The Labute approximate surface area is 283 Å². The predicted molar refractivity (Wildman–Crippen MR) is 183 cm³/mol. The second-order valence-electron chi connectivity index (χ2n) is 16.4. The van der Waals surface area contributed by atoms with E-state index < -0.39 is 5.97 Å². The Kier molecular flexibility index (Phi) is 13.8. The fourth-order valence-corrected chi connectivity index (χ4v) is 5.31. The van der Waals surface area contributed by atoms with Gasteiger partial charge in [0.05, 0.1) is 12.1 Å². The summed E-state index contributed by atoms with van der Waals surface area (Å²) in [6.07, 6.45) is 7.90. The number of carboxylic acid groups (broad SMARTS) is 1. The Bertz CT molecular complexity index is 1260. The topological polar surface area (TPSA) is 105 Å². The van der Waals surface area contributed by atoms with Gasteiger partial charge in [0.15, 0.2) is 0 Å². The molecular formula is C38H57CrN2O4-. The van der Waals surface area contributed by atoms with Crippen LogP contribution in [-0.2, 0) is 43.8 Å². The number of carbonyl (C=O) groups is 1. The second-order valence-corrected chi connectivity index (χ2v) is 16.4. The molecule has 2 aromatic carbocycles. The van der Waals surface area contributed by atoms with E-state index in [9.17, 15) is 10.2 Å². The van der Waals surface area contributed by atoms with Crippen LogP contribution in [-0.4, -0.2) is 40.7 Å². The molecule has 0 unspecified atom stereocenters. The average Bonchev–Trinajstić information content (AvgIpc) is 2.84. The maximum absolute atomic E-state index is 11.2. The number of rotatable bonds is 4. The van der Waals surface area contributed by atoms with Crippen LogP contribution in [0.2, 0.25) is 0 Å². The van der Waals surface area contributed by atoms with Gasteiger partial charge >= 0.3 is 0 Å². The molecule has 0 saturated heterocycles. The minimum Gasteiger partial charge on any atom is -0.550 e. The Morgan fingerprint density at radius 1 is 0.667 bits per heavy atom. The molecule has 0 spiro atoms. The van der Waals surface area contributed by atoms with Crippen molar-refractivity contribution in [1.29, 1.82) is 0 Å². The zero-order valence-corrected chi connectivity index (χ0v) is 31.2. The number of aliphatic imine (C=N–C) groups is 2. The third-order valence-electron chi connectivity index (χ3n) is 8.13. The first-order valence-electron chi connectivity index (χ1n) is 15.9. The summed E-state index contributed by atoms with van der Waals surface area (Å²) in [6, 6.07) is 8.53. The monoisotopic (exact) mass is 657 g/mol. The van der Waals surface area contributed by atoms with Crippen LogP contribution in [0.3, 0.4) is 0 Å². The van der Waals surface area contributed by atoms with Crippen molar-refractivity contribution < 1.29 is 37.5 Å². The molecule has 7 heteroatoms. The van der Waals surface area contributed by atoms with E-state index in [1.165, 1.54) is 11.1 Å². The van der Waals surface area contributed by atoms with E-state index in [-0.39, 0.29) is 51.1 Å². The smallest absolute Gasteiger partial charge is 0.128 e. The van der Waals surface area contributed by atoms with Crippen LogP contribution in [0.4, 0.5) is 0 Å². The van der Waals surface area contributed by atoms with Gasteiger partial charge in [0.2, 0.25) is 0 Å². The van der Waals surface area contributed by atoms with Crippen molar-refractivity contribution in [3.63, 3.8) is 0 Å². The summed E-state index contributed by atoms with van der Waals surface area (Å²) in [7, 11) is 0. The molecule has 1 aliphatic rings. The van der Waals surface area contributed by atoms with Crippen LogP contribution in [0, 0.1) is 0 Å². The van der Waals surface area contributed by atoms with E-state index in [1.54, 1.807) is 0 Å². The molecule has 1 aliphatic carbocycles. The Morgan fingerprint density at radius 2 is 0.956 bits per heavy atom. The molecule has 2 N–H and O–H groups in total. The molecule has 2 aromatic rings. The van der Waals surface area contributed by atoms with Gasteiger partial charge < -0.3 is 20.1 Å². The molecule has 45 heavy (non-hydrogen) atoms. The van der Waals surface area contributed by atoms with E-state index in [4.69, 9.17) is 19.9 Å². The number of nitrogens with zero attached hydrogens (tertiary/aromatic N) is 2. The number of aliphatic carboxylic acids is 1. The Hall–Kier alpha value is -2.62. The van der Waals surface area contributed by atoms with Crippen molar-refractivity contribution in [2.24, 2.45) is 9.98 Å². The fraction of sp³-hybridized carbons (Fsp3) is 0.605. The molecule has 1 saturated carbocycles. The normalized spacial score (nSPS) is 18.0. The van der Waals surface area contributed by atoms with Gasteiger partial charge in [-0.05, 0) is 64.7 Å². The standard InChI is InChI=1S/C36H54N2O2.C2H4O2.Cr/c1-33(2,3)25-17-23(31(39)27(19-25)35(7,8)9)21-37-29-15-13-14-16-30(29)38-22-24-18-26(34(4,5)6)20-28(32(24)40)36(10,11)12;1-2(3)4;/h17-22,29-30,39-40H,13-16H2,1-12H3;1H3,(H,3,4);/p-1/t29-,30-;;/m1../s1. The zero-order valence-electron chi connectivity index (χ0n) is 30.0. The van der Waals surface area contributed by atoms with Crippen molar-refractivity contribution in [3.8, 4) is 11.5 Å². The minimum atomic E-state index is -1.08. The SMILES string of the molecule is CC(=O)[O-].CC(C)(C)c1cc(C=N[C@@H]2CCCC[C@H]2N=Cc2cc(C(C)(C)C)cc(C(C)(C)C)c2O)c(O)c(C(C)(C)C)c1.[Cr]. The molecule has 0 aromatic heterocycles. The van der Waals surface area contributed by atoms with Crippen LogP contribution in [0.5, 0.6) is 11.5 Å². The van der Waals surface area contributed by atoms with E-state index >= 15 is 0 Å². The van der Waals surface area contributed by atoms with Gasteiger partial charge in [-0.2, -0.15) is 0 Å². The van der Waals surface area contributed by atoms with Crippen LogP contribution in [0.1, 0.15) is 149 Å². The third-order valence-corrected chi connectivity index (χ3v) is 8.13. The van der Waals surface area contributed by atoms with Crippen molar-refractivity contribution in [2.45, 2.75) is 149 Å². The van der Waals surface area contributed by atoms with Gasteiger partial charge in [0.25, 0.3) is 0 Å². The number of carbonyl (C=O) groups excluding carboxylic acids is 1. The number of benzene rings is 2. The maximum Gasteiger partial charge on any atom is 0.128 e. The first-order valence-corrected chi connectivity index (χ1v) is 15.9. The quantitative estimate of drug-likeness (QED) is 0.326. The van der Waals surface area contributed by atoms with Crippen molar-refractivity contribution in [2.75, 3.05) is 0 Å². The number of aromatic hydroxyl groups is 2. The maximum atomic E-state index is 11.2. The molecule has 1 fully saturated rings. The second kappa shape index (κ2) is 15.3. The van der Waals surface area contributed by atoms with E-state index in [0.717, 1.165) is 54.9 Å². The Morgan fingerprint density at radius 3 is 1.20 bits per heavy atom. The van der Waals surface area contributed by atoms with Gasteiger partial charge in [-0.25, -0.2) is 0 Å². The van der Waals surface area contributed by atoms with Gasteiger partial charge in [0.1, 0.15) is 11.5 Å². The molecule has 0 radical (unpaired) electrons. The largest absolute Gasteiger partial charge is 0.550 e. The van der Waals surface area contributed by atoms with Gasteiger partial charge in [0, 0.05) is 58.0 Å². The van der Waals surface area contributed by atoms with Gasteiger partial charge in [-0.3, -0.25) is 9.98 Å². The van der Waals surface area contributed by atoms with Crippen molar-refractivity contribution in [3.05, 3.63) is 57.6 Å². The van der Waals surface area contributed by atoms with Crippen LogP contribution in [0.15, 0.2) is 34.3 Å². The summed E-state index contributed by atoms with van der Waals surface area (Å²) in [6.45, 7) is 27.0. The molecule has 0 bridgehead atoms. The molecule has 0 heterocycles. The number of hydrogen-bond donors (Lipinski definition) is 2. The van der Waals surface area contributed by atoms with Crippen LogP contribution < -0.4 is 5.11 Å².